The van der Waals surface area contributed by atoms with Crippen LogP contribution in [0.2, 0.25) is 5.02 Å². The molecule has 2 aromatic carbocycles. The first kappa shape index (κ1) is 23.5. The third-order valence-corrected chi connectivity index (χ3v) is 5.10. The summed E-state index contributed by atoms with van der Waals surface area (Å²) in [4.78, 5) is 23.8. The zero-order valence-electron chi connectivity index (χ0n) is 17.4. The quantitative estimate of drug-likeness (QED) is 0.356. The standard InChI is InChI=1S/C22H23ClFN3O5/c1-30-19-9-2-5-14(20(19)32-13-16-17(23)7-3-8-18(16)24)11-26-27-22(29)21(28)25-12-15-6-4-10-31-15/h2-3,5,7-9,11,15H,4,6,10,12-13H2,1H3,(H,25,28)(H,27,29)/b26-11-/t15-/m0/s1. The van der Waals surface area contributed by atoms with Crippen molar-refractivity contribution in [1.29, 1.82) is 0 Å². The summed E-state index contributed by atoms with van der Waals surface area (Å²) >= 11 is 6.05. The van der Waals surface area contributed by atoms with Crippen LogP contribution < -0.4 is 20.2 Å². The van der Waals surface area contributed by atoms with Crippen LogP contribution in [0.5, 0.6) is 11.5 Å². The van der Waals surface area contributed by atoms with Gasteiger partial charge in [0, 0.05) is 24.3 Å². The van der Waals surface area contributed by atoms with Crippen molar-refractivity contribution in [3.8, 4) is 11.5 Å². The van der Waals surface area contributed by atoms with Gasteiger partial charge in [-0.1, -0.05) is 23.7 Å². The Morgan fingerprint density at radius 3 is 2.81 bits per heavy atom. The van der Waals surface area contributed by atoms with Gasteiger partial charge in [-0.05, 0) is 37.1 Å². The largest absolute Gasteiger partial charge is 0.493 e. The Morgan fingerprint density at radius 2 is 2.09 bits per heavy atom. The molecule has 1 fully saturated rings. The third kappa shape index (κ3) is 6.18. The van der Waals surface area contributed by atoms with Gasteiger partial charge in [-0.15, -0.1) is 0 Å². The van der Waals surface area contributed by atoms with Crippen LogP contribution in [-0.4, -0.2) is 44.4 Å². The number of hydrazone groups is 1. The highest BCUT2D eigenvalue weighted by Gasteiger charge is 2.19. The van der Waals surface area contributed by atoms with Gasteiger partial charge in [0.1, 0.15) is 12.4 Å². The van der Waals surface area contributed by atoms with Crippen LogP contribution in [-0.2, 0) is 20.9 Å². The molecule has 1 aliphatic rings. The summed E-state index contributed by atoms with van der Waals surface area (Å²) in [7, 11) is 1.46. The van der Waals surface area contributed by atoms with E-state index in [4.69, 9.17) is 25.8 Å². The van der Waals surface area contributed by atoms with Gasteiger partial charge in [0.05, 0.1) is 24.5 Å². The van der Waals surface area contributed by atoms with Crippen molar-refractivity contribution in [3.63, 3.8) is 0 Å². The number of nitrogens with one attached hydrogen (secondary N) is 2. The molecule has 1 atom stereocenters. The lowest BCUT2D eigenvalue weighted by atomic mass is 10.2. The number of hydrogen-bond acceptors (Lipinski definition) is 6. The van der Waals surface area contributed by atoms with Gasteiger partial charge < -0.3 is 19.5 Å². The molecule has 0 radical (unpaired) electrons. The summed E-state index contributed by atoms with van der Waals surface area (Å²) in [5.41, 5.74) is 2.80. The number of para-hydroxylation sites is 1. The third-order valence-electron chi connectivity index (χ3n) is 4.74. The Kier molecular flexibility index (Phi) is 8.41. The Morgan fingerprint density at radius 1 is 1.28 bits per heavy atom. The number of halogens is 2. The van der Waals surface area contributed by atoms with Gasteiger partial charge in [-0.3, -0.25) is 9.59 Å². The normalized spacial score (nSPS) is 15.5. The zero-order chi connectivity index (χ0) is 22.9. The van der Waals surface area contributed by atoms with Gasteiger partial charge in [-0.25, -0.2) is 9.82 Å². The second-order valence-electron chi connectivity index (χ2n) is 6.91. The lowest BCUT2D eigenvalue weighted by Gasteiger charge is -2.14. The van der Waals surface area contributed by atoms with E-state index in [0.29, 0.717) is 17.9 Å². The van der Waals surface area contributed by atoms with E-state index in [1.807, 2.05) is 0 Å². The highest BCUT2D eigenvalue weighted by molar-refractivity contribution is 6.35. The second kappa shape index (κ2) is 11.4. The van der Waals surface area contributed by atoms with Gasteiger partial charge in [0.2, 0.25) is 0 Å². The van der Waals surface area contributed by atoms with Gasteiger partial charge in [0.25, 0.3) is 0 Å². The molecule has 2 amide bonds. The molecule has 8 nitrogen and oxygen atoms in total. The van der Waals surface area contributed by atoms with Gasteiger partial charge in [-0.2, -0.15) is 5.10 Å². The van der Waals surface area contributed by atoms with E-state index in [9.17, 15) is 14.0 Å². The van der Waals surface area contributed by atoms with Crippen LogP contribution in [0.25, 0.3) is 0 Å². The van der Waals surface area contributed by atoms with Crippen molar-refractivity contribution in [2.24, 2.45) is 5.10 Å². The van der Waals surface area contributed by atoms with E-state index in [-0.39, 0.29) is 35.6 Å². The van der Waals surface area contributed by atoms with Crippen molar-refractivity contribution in [2.45, 2.75) is 25.6 Å². The molecule has 32 heavy (non-hydrogen) atoms. The van der Waals surface area contributed by atoms with Crippen molar-refractivity contribution in [1.82, 2.24) is 10.7 Å². The van der Waals surface area contributed by atoms with E-state index in [1.165, 1.54) is 25.5 Å². The summed E-state index contributed by atoms with van der Waals surface area (Å²) < 4.78 is 30.5. The number of carbonyl (C=O) groups is 2. The molecule has 0 aromatic heterocycles. The molecule has 0 spiro atoms. The summed E-state index contributed by atoms with van der Waals surface area (Å²) in [5.74, 6) is -1.57. The minimum atomic E-state index is -0.914. The molecule has 2 aromatic rings. The SMILES string of the molecule is COc1cccc(/C=N\NC(=O)C(=O)NC[C@@H]2CCCO2)c1OCc1c(F)cccc1Cl. The monoisotopic (exact) mass is 463 g/mol. The second-order valence-corrected chi connectivity index (χ2v) is 7.32. The highest BCUT2D eigenvalue weighted by Crippen LogP contribution is 2.32. The average molecular weight is 464 g/mol. The molecule has 0 bridgehead atoms. The van der Waals surface area contributed by atoms with Crippen LogP contribution in [0.1, 0.15) is 24.0 Å². The summed E-state index contributed by atoms with van der Waals surface area (Å²) in [6.45, 7) is 0.776. The number of methoxy groups -OCH3 is 1. The minimum absolute atomic E-state index is 0.0744. The first-order chi connectivity index (χ1) is 15.5. The Hall–Kier alpha value is -3.17. The Balaban J connectivity index is 1.63. The van der Waals surface area contributed by atoms with E-state index in [2.05, 4.69) is 15.8 Å². The van der Waals surface area contributed by atoms with E-state index >= 15 is 0 Å². The fourth-order valence-corrected chi connectivity index (χ4v) is 3.29. The predicted octanol–water partition coefficient (Wildman–Crippen LogP) is 2.81. The maximum atomic E-state index is 14.0. The number of ether oxygens (including phenoxy) is 3. The lowest BCUT2D eigenvalue weighted by Crippen LogP contribution is -2.41. The number of benzene rings is 2. The van der Waals surface area contributed by atoms with E-state index < -0.39 is 17.6 Å². The van der Waals surface area contributed by atoms with Crippen LogP contribution >= 0.6 is 11.6 Å². The zero-order valence-corrected chi connectivity index (χ0v) is 18.2. The molecular formula is C22H23ClFN3O5. The van der Waals surface area contributed by atoms with Crippen molar-refractivity contribution in [2.75, 3.05) is 20.3 Å². The molecule has 0 unspecified atom stereocenters. The number of rotatable bonds is 8. The van der Waals surface area contributed by atoms with Crippen LogP contribution in [0.15, 0.2) is 41.5 Å². The van der Waals surface area contributed by atoms with Crippen molar-refractivity contribution >= 4 is 29.6 Å². The van der Waals surface area contributed by atoms with Crippen LogP contribution in [0.3, 0.4) is 0 Å². The number of amides is 2. The molecule has 0 saturated carbocycles. The Labute approximate surface area is 189 Å². The first-order valence-electron chi connectivity index (χ1n) is 9.95. The molecule has 170 valence electrons. The molecule has 1 aliphatic heterocycles. The molecule has 3 rings (SSSR count). The molecule has 1 heterocycles. The van der Waals surface area contributed by atoms with Crippen LogP contribution in [0.4, 0.5) is 4.39 Å². The summed E-state index contributed by atoms with van der Waals surface area (Å²) in [6, 6.07) is 9.36. The van der Waals surface area contributed by atoms with E-state index in [0.717, 1.165) is 12.8 Å². The topological polar surface area (TPSA) is 98.2 Å². The fraction of sp³-hybridized carbons (Fsp3) is 0.318. The molecule has 0 aliphatic carbocycles. The number of nitrogens with zero attached hydrogens (tertiary/aromatic N) is 1. The lowest BCUT2D eigenvalue weighted by molar-refractivity contribution is -0.139. The highest BCUT2D eigenvalue weighted by atomic mass is 35.5. The van der Waals surface area contributed by atoms with Gasteiger partial charge in [0.15, 0.2) is 11.5 Å². The van der Waals surface area contributed by atoms with Crippen molar-refractivity contribution in [3.05, 3.63) is 58.4 Å². The first-order valence-corrected chi connectivity index (χ1v) is 10.3. The molecule has 2 N–H and O–H groups in total. The molecule has 1 saturated heterocycles. The molecule has 10 heteroatoms. The van der Waals surface area contributed by atoms with E-state index in [1.54, 1.807) is 24.3 Å². The summed E-state index contributed by atoms with van der Waals surface area (Å²) in [6.07, 6.45) is 3.00. The maximum Gasteiger partial charge on any atom is 0.329 e. The van der Waals surface area contributed by atoms with Crippen LogP contribution in [0, 0.1) is 5.82 Å². The maximum absolute atomic E-state index is 14.0. The number of carbonyl (C=O) groups excluding carboxylic acids is 2. The molecular weight excluding hydrogens is 441 g/mol. The van der Waals surface area contributed by atoms with Gasteiger partial charge >= 0.3 is 11.8 Å². The predicted molar refractivity (Wildman–Crippen MR) is 116 cm³/mol. The number of hydrogen-bond donors (Lipinski definition) is 2. The summed E-state index contributed by atoms with van der Waals surface area (Å²) in [5, 5.41) is 6.56. The smallest absolute Gasteiger partial charge is 0.329 e. The van der Waals surface area contributed by atoms with Crippen molar-refractivity contribution < 1.29 is 28.2 Å². The Bertz CT molecular complexity index is 975. The fourth-order valence-electron chi connectivity index (χ4n) is 3.07. The average Bonchev–Trinajstić information content (AvgIpc) is 3.31. The minimum Gasteiger partial charge on any atom is -0.493 e.